The summed E-state index contributed by atoms with van der Waals surface area (Å²) in [6.45, 7) is -0.549. The number of aliphatic hydroxyl groups is 4. The standard InChI is InChI=1S/C12H17N5O6/c1-17-3-13-9-5(17)10(22)15-12(14-9)16-11-8(21)7(20)6(19)4(2-18)23-11/h3-4,6-8,11,18-21H,2H2,1H3,(H2,14,15,16,22)/t4-,6-,7+,8-,11?/m0/s1. The lowest BCUT2D eigenvalue weighted by Crippen LogP contribution is -2.60. The van der Waals surface area contributed by atoms with E-state index in [1.807, 2.05) is 0 Å². The summed E-state index contributed by atoms with van der Waals surface area (Å²) in [6.07, 6.45) is -5.28. The van der Waals surface area contributed by atoms with E-state index in [1.54, 1.807) is 7.05 Å². The first-order chi connectivity index (χ1) is 10.9. The highest BCUT2D eigenvalue weighted by Crippen LogP contribution is 2.21. The average molecular weight is 327 g/mol. The summed E-state index contributed by atoms with van der Waals surface area (Å²) >= 11 is 0. The fraction of sp³-hybridized carbons (Fsp3) is 0.583. The van der Waals surface area contributed by atoms with E-state index in [1.165, 1.54) is 10.9 Å². The lowest BCUT2D eigenvalue weighted by Gasteiger charge is -2.40. The molecule has 1 unspecified atom stereocenters. The Kier molecular flexibility index (Phi) is 4.04. The molecule has 2 aromatic rings. The van der Waals surface area contributed by atoms with Gasteiger partial charge in [0.15, 0.2) is 17.4 Å². The van der Waals surface area contributed by atoms with Gasteiger partial charge in [-0.15, -0.1) is 0 Å². The van der Waals surface area contributed by atoms with Gasteiger partial charge in [-0.25, -0.2) is 4.98 Å². The van der Waals surface area contributed by atoms with Crippen molar-refractivity contribution in [2.45, 2.75) is 30.6 Å². The third-order valence-electron chi connectivity index (χ3n) is 3.75. The van der Waals surface area contributed by atoms with Gasteiger partial charge in [0, 0.05) is 7.05 Å². The van der Waals surface area contributed by atoms with Gasteiger partial charge < -0.3 is 35.0 Å². The number of aromatic nitrogens is 4. The molecule has 1 saturated heterocycles. The van der Waals surface area contributed by atoms with Crippen LogP contribution in [0.25, 0.3) is 11.2 Å². The summed E-state index contributed by atoms with van der Waals surface area (Å²) in [5.41, 5.74) is 0.0368. The third-order valence-corrected chi connectivity index (χ3v) is 3.75. The van der Waals surface area contributed by atoms with Crippen LogP contribution in [0.4, 0.5) is 5.95 Å². The largest absolute Gasteiger partial charge is 0.394 e. The van der Waals surface area contributed by atoms with Crippen molar-refractivity contribution < 1.29 is 25.2 Å². The number of aromatic amines is 1. The molecule has 2 aromatic heterocycles. The molecule has 3 heterocycles. The molecule has 3 rings (SSSR count). The SMILES string of the molecule is Cn1cnc2nc(NC3O[C@@H](CO)[C@H](O)[C@@H](O)[C@@H]3O)[nH]c(=O)c21. The Morgan fingerprint density at radius 2 is 2.09 bits per heavy atom. The molecule has 0 aliphatic carbocycles. The molecule has 23 heavy (non-hydrogen) atoms. The van der Waals surface area contributed by atoms with Gasteiger partial charge in [0.1, 0.15) is 24.4 Å². The van der Waals surface area contributed by atoms with Crippen molar-refractivity contribution >= 4 is 17.1 Å². The molecule has 0 bridgehead atoms. The van der Waals surface area contributed by atoms with Gasteiger partial charge in [0.25, 0.3) is 5.56 Å². The molecule has 1 fully saturated rings. The van der Waals surface area contributed by atoms with E-state index in [9.17, 15) is 20.1 Å². The van der Waals surface area contributed by atoms with Crippen molar-refractivity contribution in [1.82, 2.24) is 19.5 Å². The predicted molar refractivity (Wildman–Crippen MR) is 76.5 cm³/mol. The summed E-state index contributed by atoms with van der Waals surface area (Å²) in [4.78, 5) is 22.5. The highest BCUT2D eigenvalue weighted by molar-refractivity contribution is 5.70. The lowest BCUT2D eigenvalue weighted by molar-refractivity contribution is -0.221. The van der Waals surface area contributed by atoms with Crippen LogP contribution >= 0.6 is 0 Å². The van der Waals surface area contributed by atoms with E-state index >= 15 is 0 Å². The van der Waals surface area contributed by atoms with Crippen molar-refractivity contribution in [2.75, 3.05) is 11.9 Å². The van der Waals surface area contributed by atoms with E-state index < -0.39 is 42.8 Å². The first-order valence-corrected chi connectivity index (χ1v) is 6.90. The van der Waals surface area contributed by atoms with E-state index in [0.29, 0.717) is 0 Å². The second-order valence-corrected chi connectivity index (χ2v) is 5.34. The molecular weight excluding hydrogens is 310 g/mol. The number of hydrogen-bond acceptors (Lipinski definition) is 9. The summed E-state index contributed by atoms with van der Waals surface area (Å²) in [5, 5.41) is 41.2. The number of aliphatic hydroxyl groups excluding tert-OH is 4. The van der Waals surface area contributed by atoms with Gasteiger partial charge >= 0.3 is 0 Å². The maximum atomic E-state index is 12.0. The van der Waals surface area contributed by atoms with Crippen molar-refractivity contribution in [2.24, 2.45) is 7.05 Å². The van der Waals surface area contributed by atoms with Crippen LogP contribution in [0.2, 0.25) is 0 Å². The Balaban J connectivity index is 1.87. The van der Waals surface area contributed by atoms with E-state index in [-0.39, 0.29) is 17.1 Å². The molecule has 6 N–H and O–H groups in total. The average Bonchev–Trinajstić information content (AvgIpc) is 2.89. The maximum absolute atomic E-state index is 12.0. The number of imidazole rings is 1. The summed E-state index contributed by atoms with van der Waals surface area (Å²) in [5.74, 6) is -0.0227. The van der Waals surface area contributed by atoms with Crippen LogP contribution in [0.15, 0.2) is 11.1 Å². The molecule has 0 saturated carbocycles. The highest BCUT2D eigenvalue weighted by Gasteiger charge is 2.43. The summed E-state index contributed by atoms with van der Waals surface area (Å²) < 4.78 is 6.80. The maximum Gasteiger partial charge on any atom is 0.278 e. The topological polar surface area (TPSA) is 166 Å². The Bertz CT molecular complexity index is 758. The van der Waals surface area contributed by atoms with Crippen LogP contribution in [0.1, 0.15) is 0 Å². The smallest absolute Gasteiger partial charge is 0.278 e. The molecule has 126 valence electrons. The molecule has 1 aliphatic rings. The van der Waals surface area contributed by atoms with Gasteiger partial charge in [-0.3, -0.25) is 9.78 Å². The molecular formula is C12H17N5O6. The zero-order valence-electron chi connectivity index (χ0n) is 12.1. The molecule has 0 aromatic carbocycles. The second kappa shape index (κ2) is 5.86. The Morgan fingerprint density at radius 1 is 1.35 bits per heavy atom. The highest BCUT2D eigenvalue weighted by atomic mass is 16.6. The molecule has 0 spiro atoms. The minimum Gasteiger partial charge on any atom is -0.394 e. The van der Waals surface area contributed by atoms with Crippen LogP contribution in [0, 0.1) is 0 Å². The number of hydrogen-bond donors (Lipinski definition) is 6. The second-order valence-electron chi connectivity index (χ2n) is 5.34. The van der Waals surface area contributed by atoms with Gasteiger partial charge in [-0.2, -0.15) is 4.98 Å². The first kappa shape index (κ1) is 15.8. The van der Waals surface area contributed by atoms with Gasteiger partial charge in [-0.1, -0.05) is 0 Å². The fourth-order valence-electron chi connectivity index (χ4n) is 2.49. The number of aryl methyl sites for hydroxylation is 1. The molecule has 0 radical (unpaired) electrons. The van der Waals surface area contributed by atoms with Gasteiger partial charge in [-0.05, 0) is 0 Å². The number of anilines is 1. The number of H-pyrrole nitrogens is 1. The van der Waals surface area contributed by atoms with Crippen molar-refractivity contribution in [3.63, 3.8) is 0 Å². The van der Waals surface area contributed by atoms with Crippen molar-refractivity contribution in [3.05, 3.63) is 16.7 Å². The minimum atomic E-state index is -1.52. The third kappa shape index (κ3) is 2.68. The van der Waals surface area contributed by atoms with Crippen LogP contribution in [0.5, 0.6) is 0 Å². The van der Waals surface area contributed by atoms with Crippen molar-refractivity contribution in [3.8, 4) is 0 Å². The van der Waals surface area contributed by atoms with Gasteiger partial charge in [0.2, 0.25) is 5.95 Å². The Morgan fingerprint density at radius 3 is 2.78 bits per heavy atom. The van der Waals surface area contributed by atoms with Crippen LogP contribution in [-0.4, -0.2) is 77.2 Å². The molecule has 5 atom stereocenters. The Hall–Kier alpha value is -2.05. The van der Waals surface area contributed by atoms with Crippen LogP contribution in [0.3, 0.4) is 0 Å². The lowest BCUT2D eigenvalue weighted by atomic mass is 9.98. The summed E-state index contributed by atoms with van der Waals surface area (Å²) in [6, 6.07) is 0. The normalized spacial score (nSPS) is 31.4. The zero-order valence-corrected chi connectivity index (χ0v) is 12.1. The number of nitrogens with zero attached hydrogens (tertiary/aromatic N) is 3. The zero-order chi connectivity index (χ0) is 16.7. The quantitative estimate of drug-likeness (QED) is 0.342. The van der Waals surface area contributed by atoms with E-state index in [4.69, 9.17) is 9.84 Å². The number of fused-ring (bicyclic) bond motifs is 1. The van der Waals surface area contributed by atoms with E-state index in [2.05, 4.69) is 20.3 Å². The van der Waals surface area contributed by atoms with Gasteiger partial charge in [0.05, 0.1) is 12.9 Å². The predicted octanol–water partition coefficient (Wildman–Crippen LogP) is -3.13. The summed E-state index contributed by atoms with van der Waals surface area (Å²) in [7, 11) is 1.65. The number of ether oxygens (including phenoxy) is 1. The number of rotatable bonds is 3. The Labute approximate surface area is 129 Å². The van der Waals surface area contributed by atoms with Crippen molar-refractivity contribution in [1.29, 1.82) is 0 Å². The fourth-order valence-corrected chi connectivity index (χ4v) is 2.49. The molecule has 0 amide bonds. The minimum absolute atomic E-state index is 0.0227. The monoisotopic (exact) mass is 327 g/mol. The van der Waals surface area contributed by atoms with Crippen LogP contribution in [-0.2, 0) is 11.8 Å². The molecule has 11 heteroatoms. The number of nitrogens with one attached hydrogen (secondary N) is 2. The first-order valence-electron chi connectivity index (χ1n) is 6.90. The van der Waals surface area contributed by atoms with E-state index in [0.717, 1.165) is 0 Å². The molecule has 1 aliphatic heterocycles. The molecule has 11 nitrogen and oxygen atoms in total. The van der Waals surface area contributed by atoms with Crippen LogP contribution < -0.4 is 10.9 Å².